The summed E-state index contributed by atoms with van der Waals surface area (Å²) in [5.41, 5.74) is 15.9. The summed E-state index contributed by atoms with van der Waals surface area (Å²) in [4.78, 5) is 18.9. The quantitative estimate of drug-likeness (QED) is 0.365. The highest BCUT2D eigenvalue weighted by Crippen LogP contribution is 2.40. The van der Waals surface area contributed by atoms with Crippen LogP contribution in [0.25, 0.3) is 22.6 Å². The van der Waals surface area contributed by atoms with Gasteiger partial charge in [-0.1, -0.05) is 18.9 Å². The second kappa shape index (κ2) is 9.30. The van der Waals surface area contributed by atoms with E-state index in [1.807, 2.05) is 30.5 Å². The Hall–Kier alpha value is -3.46. The van der Waals surface area contributed by atoms with Crippen LogP contribution in [0.15, 0.2) is 41.1 Å². The summed E-state index contributed by atoms with van der Waals surface area (Å²) in [6.45, 7) is 0.556. The first-order valence-corrected chi connectivity index (χ1v) is 12.7. The molecule has 2 fully saturated rings. The largest absolute Gasteiger partial charge is 0.463 e. The Kier molecular flexibility index (Phi) is 5.85. The van der Waals surface area contributed by atoms with Gasteiger partial charge in [-0.3, -0.25) is 4.98 Å². The van der Waals surface area contributed by atoms with Crippen LogP contribution >= 0.6 is 0 Å². The molecule has 0 unspecified atom stereocenters. The zero-order valence-electron chi connectivity index (χ0n) is 19.9. The van der Waals surface area contributed by atoms with Gasteiger partial charge in [-0.15, -0.1) is 0 Å². The number of imidazole rings is 1. The zero-order chi connectivity index (χ0) is 23.8. The summed E-state index contributed by atoms with van der Waals surface area (Å²) in [5.74, 6) is 3.22. The molecule has 0 atom stereocenters. The van der Waals surface area contributed by atoms with E-state index in [-0.39, 0.29) is 5.95 Å². The van der Waals surface area contributed by atoms with E-state index in [9.17, 15) is 0 Å². The van der Waals surface area contributed by atoms with Gasteiger partial charge < -0.3 is 25.8 Å². The van der Waals surface area contributed by atoms with Crippen LogP contribution in [0, 0.1) is 0 Å². The number of nitrogens with one attached hydrogen (secondary N) is 1. The highest BCUT2D eigenvalue weighted by atomic mass is 16.3. The fourth-order valence-corrected chi connectivity index (χ4v) is 5.60. The number of nitrogens with zero attached hydrogens (tertiary/aromatic N) is 5. The fourth-order valence-electron chi connectivity index (χ4n) is 5.60. The van der Waals surface area contributed by atoms with Crippen molar-refractivity contribution in [2.75, 3.05) is 11.1 Å². The van der Waals surface area contributed by atoms with Crippen molar-refractivity contribution in [3.8, 4) is 11.5 Å². The number of furan rings is 1. The van der Waals surface area contributed by atoms with Crippen LogP contribution in [-0.2, 0) is 6.54 Å². The molecule has 182 valence electrons. The second-order valence-electron chi connectivity index (χ2n) is 9.88. The van der Waals surface area contributed by atoms with Crippen LogP contribution in [0.2, 0.25) is 0 Å². The lowest BCUT2D eigenvalue weighted by molar-refractivity contribution is 0.367. The average Bonchev–Trinajstić information content (AvgIpc) is 3.64. The van der Waals surface area contributed by atoms with E-state index in [1.165, 1.54) is 12.8 Å². The molecule has 2 aliphatic carbocycles. The number of fused-ring (bicyclic) bond motifs is 1. The third-order valence-corrected chi connectivity index (χ3v) is 7.47. The summed E-state index contributed by atoms with van der Waals surface area (Å²) in [6, 6.07) is 8.48. The van der Waals surface area contributed by atoms with E-state index in [0.717, 1.165) is 72.5 Å². The van der Waals surface area contributed by atoms with Gasteiger partial charge in [-0.05, 0) is 62.3 Å². The average molecular weight is 473 g/mol. The van der Waals surface area contributed by atoms with Gasteiger partial charge in [-0.2, -0.15) is 9.97 Å². The predicted molar refractivity (Wildman–Crippen MR) is 136 cm³/mol. The van der Waals surface area contributed by atoms with E-state index in [0.29, 0.717) is 30.4 Å². The molecule has 9 heteroatoms. The molecular formula is C26H32N8O. The summed E-state index contributed by atoms with van der Waals surface area (Å²) >= 11 is 0. The molecule has 0 saturated heterocycles. The van der Waals surface area contributed by atoms with Crippen LogP contribution in [0.4, 0.5) is 11.8 Å². The molecule has 0 aliphatic heterocycles. The van der Waals surface area contributed by atoms with Crippen LogP contribution in [0.5, 0.6) is 0 Å². The van der Waals surface area contributed by atoms with Crippen molar-refractivity contribution < 1.29 is 4.42 Å². The molecule has 0 spiro atoms. The molecule has 35 heavy (non-hydrogen) atoms. The van der Waals surface area contributed by atoms with Gasteiger partial charge in [-0.25, -0.2) is 4.98 Å². The number of pyridine rings is 1. The van der Waals surface area contributed by atoms with Crippen LogP contribution < -0.4 is 16.8 Å². The third-order valence-electron chi connectivity index (χ3n) is 7.47. The monoisotopic (exact) mass is 472 g/mol. The Labute approximate surface area is 204 Å². The molecule has 0 aromatic carbocycles. The fraction of sp³-hybridized carbons (Fsp3) is 0.462. The zero-order valence-corrected chi connectivity index (χ0v) is 19.9. The molecule has 4 aromatic rings. The van der Waals surface area contributed by atoms with Crippen LogP contribution in [-0.4, -0.2) is 30.5 Å². The standard InChI is InChI=1S/C26H32N8O/c27-18-10-8-17(9-11-18)24-31-22-23(32-26(28)33-25(22)34(24)19-4-1-2-5-19)30-15-16-7-12-20(29-14-16)21-6-3-13-35-21/h3,6-7,12-14,17-19H,1-2,4-5,8-11,15,27H2,(H3,28,30,32,33). The van der Waals surface area contributed by atoms with Gasteiger partial charge in [0.2, 0.25) is 5.95 Å². The molecule has 2 aliphatic rings. The Morgan fingerprint density at radius 1 is 1.00 bits per heavy atom. The predicted octanol–water partition coefficient (Wildman–Crippen LogP) is 4.78. The van der Waals surface area contributed by atoms with E-state index in [2.05, 4.69) is 24.8 Å². The first-order valence-electron chi connectivity index (χ1n) is 12.7. The maximum absolute atomic E-state index is 6.20. The Morgan fingerprint density at radius 2 is 1.83 bits per heavy atom. The first-order chi connectivity index (χ1) is 17.2. The molecule has 0 bridgehead atoms. The topological polar surface area (TPSA) is 134 Å². The SMILES string of the molecule is Nc1nc(NCc2ccc(-c3ccco3)nc2)c2nc(C3CCC(N)CC3)n(C3CCCC3)c2n1. The molecule has 9 nitrogen and oxygen atoms in total. The van der Waals surface area contributed by atoms with E-state index in [1.54, 1.807) is 6.26 Å². The summed E-state index contributed by atoms with van der Waals surface area (Å²) in [5, 5.41) is 3.45. The van der Waals surface area contributed by atoms with Gasteiger partial charge in [0.15, 0.2) is 22.7 Å². The normalized spacial score (nSPS) is 21.1. The van der Waals surface area contributed by atoms with E-state index >= 15 is 0 Å². The van der Waals surface area contributed by atoms with Crippen LogP contribution in [0.1, 0.15) is 74.7 Å². The molecular weight excluding hydrogens is 440 g/mol. The van der Waals surface area contributed by atoms with Gasteiger partial charge in [0.25, 0.3) is 0 Å². The van der Waals surface area contributed by atoms with Crippen molar-refractivity contribution in [1.29, 1.82) is 0 Å². The van der Waals surface area contributed by atoms with Crippen molar-refractivity contribution in [3.63, 3.8) is 0 Å². The van der Waals surface area contributed by atoms with Gasteiger partial charge in [0.05, 0.1) is 6.26 Å². The molecule has 4 aromatic heterocycles. The number of hydrogen-bond donors (Lipinski definition) is 3. The lowest BCUT2D eigenvalue weighted by Crippen LogP contribution is -2.27. The number of rotatable bonds is 6. The minimum atomic E-state index is 0.266. The van der Waals surface area contributed by atoms with E-state index < -0.39 is 0 Å². The molecule has 5 N–H and O–H groups in total. The number of aromatic nitrogens is 5. The third kappa shape index (κ3) is 4.36. The Bertz CT molecular complexity index is 1280. The van der Waals surface area contributed by atoms with Crippen molar-refractivity contribution in [3.05, 3.63) is 48.1 Å². The highest BCUT2D eigenvalue weighted by molar-refractivity contribution is 5.85. The lowest BCUT2D eigenvalue weighted by atomic mass is 9.86. The van der Waals surface area contributed by atoms with Gasteiger partial charge >= 0.3 is 0 Å². The lowest BCUT2D eigenvalue weighted by Gasteiger charge is -2.27. The number of nitrogens with two attached hydrogens (primary N) is 2. The number of anilines is 2. The summed E-state index contributed by atoms with van der Waals surface area (Å²) in [7, 11) is 0. The minimum absolute atomic E-state index is 0.266. The van der Waals surface area contributed by atoms with Crippen molar-refractivity contribution in [1.82, 2.24) is 24.5 Å². The van der Waals surface area contributed by atoms with Gasteiger partial charge in [0.1, 0.15) is 11.5 Å². The van der Waals surface area contributed by atoms with Crippen molar-refractivity contribution >= 4 is 22.9 Å². The highest BCUT2D eigenvalue weighted by Gasteiger charge is 2.31. The molecule has 0 amide bonds. The second-order valence-corrected chi connectivity index (χ2v) is 9.88. The maximum Gasteiger partial charge on any atom is 0.224 e. The molecule has 4 heterocycles. The molecule has 6 rings (SSSR count). The van der Waals surface area contributed by atoms with Crippen molar-refractivity contribution in [2.24, 2.45) is 5.73 Å². The smallest absolute Gasteiger partial charge is 0.224 e. The summed E-state index contributed by atoms with van der Waals surface area (Å²) in [6.07, 6.45) is 12.5. The van der Waals surface area contributed by atoms with Gasteiger partial charge in [0, 0.05) is 30.7 Å². The summed E-state index contributed by atoms with van der Waals surface area (Å²) < 4.78 is 7.82. The van der Waals surface area contributed by atoms with Crippen LogP contribution in [0.3, 0.4) is 0 Å². The maximum atomic E-state index is 6.20. The molecule has 0 radical (unpaired) electrons. The Balaban J connectivity index is 1.32. The molecule has 2 saturated carbocycles. The van der Waals surface area contributed by atoms with Crippen molar-refractivity contribution in [2.45, 2.75) is 75.9 Å². The van der Waals surface area contributed by atoms with E-state index in [4.69, 9.17) is 20.9 Å². The minimum Gasteiger partial charge on any atom is -0.463 e. The number of hydrogen-bond acceptors (Lipinski definition) is 8. The number of nitrogen functional groups attached to an aromatic ring is 1. The first kappa shape index (κ1) is 22.0. The Morgan fingerprint density at radius 3 is 2.54 bits per heavy atom.